The second-order valence-electron chi connectivity index (χ2n) is 7.58. The molecule has 0 amide bonds. The Morgan fingerprint density at radius 2 is 1.85 bits per heavy atom. The minimum Gasteiger partial charge on any atom is -0.302 e. The highest BCUT2D eigenvalue weighted by Gasteiger charge is 2.42. The van der Waals surface area contributed by atoms with Gasteiger partial charge in [0.25, 0.3) is 10.1 Å². The molecule has 1 saturated heterocycles. The minimum absolute atomic E-state index is 0.684. The molecule has 4 rings (SSSR count). The summed E-state index contributed by atoms with van der Waals surface area (Å²) in [5.74, 6) is 1.52. The highest BCUT2D eigenvalue weighted by molar-refractivity contribution is 9.10. The molecular weight excluding hydrogens is 426 g/mol. The second-order valence-corrected chi connectivity index (χ2v) is 9.96. The van der Waals surface area contributed by atoms with Crippen molar-refractivity contribution < 1.29 is 13.0 Å². The van der Waals surface area contributed by atoms with Crippen LogP contribution in [0, 0.1) is 5.92 Å². The van der Waals surface area contributed by atoms with Crippen LogP contribution in [0.3, 0.4) is 0 Å². The zero-order chi connectivity index (χ0) is 19.6. The van der Waals surface area contributed by atoms with Gasteiger partial charge in [0.1, 0.15) is 0 Å². The molecular formula is C21H26BrNO3S. The van der Waals surface area contributed by atoms with E-state index in [1.807, 2.05) is 0 Å². The molecule has 3 atom stereocenters. The SMILES string of the molecule is CN1CC2c3ccc(Br)cc3CCC2C1Cc1ccccc1.CS(=O)(=O)O. The van der Waals surface area contributed by atoms with E-state index in [9.17, 15) is 8.42 Å². The summed E-state index contributed by atoms with van der Waals surface area (Å²) in [7, 11) is -1.36. The lowest BCUT2D eigenvalue weighted by Gasteiger charge is -2.31. The Hall–Kier alpha value is -1.21. The molecule has 4 nitrogen and oxygen atoms in total. The maximum atomic E-state index is 9.19. The van der Waals surface area contributed by atoms with Gasteiger partial charge >= 0.3 is 0 Å². The summed E-state index contributed by atoms with van der Waals surface area (Å²) in [6, 6.07) is 18.6. The van der Waals surface area contributed by atoms with Crippen molar-refractivity contribution in [3.05, 3.63) is 69.7 Å². The first-order valence-electron chi connectivity index (χ1n) is 9.17. The molecule has 1 aliphatic carbocycles. The van der Waals surface area contributed by atoms with Gasteiger partial charge in [0, 0.05) is 23.0 Å². The number of hydrogen-bond donors (Lipinski definition) is 1. The maximum absolute atomic E-state index is 9.19. The van der Waals surface area contributed by atoms with Crippen LogP contribution in [0.2, 0.25) is 0 Å². The lowest BCUT2D eigenvalue weighted by molar-refractivity contribution is 0.259. The molecule has 27 heavy (non-hydrogen) atoms. The minimum atomic E-state index is -3.67. The summed E-state index contributed by atoms with van der Waals surface area (Å²) >= 11 is 3.62. The lowest BCUT2D eigenvalue weighted by atomic mass is 9.74. The van der Waals surface area contributed by atoms with E-state index in [1.54, 1.807) is 11.1 Å². The van der Waals surface area contributed by atoms with Crippen LogP contribution >= 0.6 is 15.9 Å². The smallest absolute Gasteiger partial charge is 0.261 e. The number of hydrogen-bond acceptors (Lipinski definition) is 3. The number of likely N-dealkylation sites (tertiary alicyclic amines) is 1. The molecule has 2 aromatic rings. The Morgan fingerprint density at radius 3 is 2.52 bits per heavy atom. The number of fused-ring (bicyclic) bond motifs is 3. The predicted octanol–water partition coefficient (Wildman–Crippen LogP) is 4.16. The van der Waals surface area contributed by atoms with Crippen molar-refractivity contribution in [2.75, 3.05) is 19.8 Å². The Kier molecular flexibility index (Phi) is 6.41. The summed E-state index contributed by atoms with van der Waals surface area (Å²) in [5.41, 5.74) is 4.63. The third-order valence-corrected chi connectivity index (χ3v) is 6.09. The average molecular weight is 452 g/mol. The summed E-state index contributed by atoms with van der Waals surface area (Å²) in [6.07, 6.45) is 4.46. The molecule has 0 spiro atoms. The van der Waals surface area contributed by atoms with Gasteiger partial charge in [0.15, 0.2) is 0 Å². The van der Waals surface area contributed by atoms with E-state index in [2.05, 4.69) is 76.4 Å². The molecule has 0 radical (unpaired) electrons. The van der Waals surface area contributed by atoms with Gasteiger partial charge in [-0.1, -0.05) is 52.3 Å². The van der Waals surface area contributed by atoms with Gasteiger partial charge in [-0.25, -0.2) is 0 Å². The molecule has 2 aliphatic rings. The number of aryl methyl sites for hydroxylation is 1. The van der Waals surface area contributed by atoms with Crippen LogP contribution in [0.1, 0.15) is 29.0 Å². The Bertz CT molecular complexity index is 878. The molecule has 2 aromatic carbocycles. The van der Waals surface area contributed by atoms with E-state index in [-0.39, 0.29) is 0 Å². The zero-order valence-electron chi connectivity index (χ0n) is 15.7. The number of rotatable bonds is 2. The van der Waals surface area contributed by atoms with Crippen LogP contribution in [-0.4, -0.2) is 43.8 Å². The average Bonchev–Trinajstić information content (AvgIpc) is 2.90. The fourth-order valence-electron chi connectivity index (χ4n) is 4.54. The standard InChI is InChI=1S/C20H22BrN.CH4O3S/c1-22-13-19-17-10-8-16(21)12-15(17)7-9-18(19)20(22)11-14-5-3-2-4-6-14;1-5(2,3)4/h2-6,8,10,12,18-20H,7,9,11,13H2,1H3;1H3,(H,2,3,4). The van der Waals surface area contributed by atoms with Gasteiger partial charge in [0.05, 0.1) is 6.26 Å². The highest BCUT2D eigenvalue weighted by Crippen LogP contribution is 2.45. The van der Waals surface area contributed by atoms with Gasteiger partial charge in [-0.3, -0.25) is 4.55 Å². The molecule has 146 valence electrons. The molecule has 6 heteroatoms. The Morgan fingerprint density at radius 1 is 1.19 bits per heavy atom. The molecule has 1 fully saturated rings. The molecule has 0 bridgehead atoms. The maximum Gasteiger partial charge on any atom is 0.261 e. The summed E-state index contributed by atoms with van der Waals surface area (Å²) in [6.45, 7) is 1.21. The highest BCUT2D eigenvalue weighted by atomic mass is 79.9. The van der Waals surface area contributed by atoms with Gasteiger partial charge in [0.2, 0.25) is 0 Å². The van der Waals surface area contributed by atoms with Gasteiger partial charge in [-0.2, -0.15) is 8.42 Å². The third kappa shape index (κ3) is 5.41. The quantitative estimate of drug-likeness (QED) is 0.696. The monoisotopic (exact) mass is 451 g/mol. The molecule has 0 aromatic heterocycles. The molecule has 1 N–H and O–H groups in total. The van der Waals surface area contributed by atoms with Crippen LogP contribution in [0.4, 0.5) is 0 Å². The molecule has 1 aliphatic heterocycles. The van der Waals surface area contributed by atoms with E-state index in [0.29, 0.717) is 12.3 Å². The zero-order valence-corrected chi connectivity index (χ0v) is 18.1. The Balaban J connectivity index is 0.000000376. The van der Waals surface area contributed by atoms with E-state index in [0.717, 1.165) is 11.8 Å². The fourth-order valence-corrected chi connectivity index (χ4v) is 4.94. The largest absolute Gasteiger partial charge is 0.302 e. The lowest BCUT2D eigenvalue weighted by Crippen LogP contribution is -2.32. The van der Waals surface area contributed by atoms with Gasteiger partial charge in [-0.05, 0) is 61.1 Å². The van der Waals surface area contributed by atoms with Crippen LogP contribution in [0.15, 0.2) is 53.0 Å². The van der Waals surface area contributed by atoms with Crippen LogP contribution in [0.25, 0.3) is 0 Å². The van der Waals surface area contributed by atoms with E-state index in [1.165, 1.54) is 35.8 Å². The first kappa shape index (κ1) is 20.5. The summed E-state index contributed by atoms with van der Waals surface area (Å²) in [4.78, 5) is 2.60. The number of nitrogens with zero attached hydrogens (tertiary/aromatic N) is 1. The molecule has 0 saturated carbocycles. The van der Waals surface area contributed by atoms with Crippen LogP contribution < -0.4 is 0 Å². The van der Waals surface area contributed by atoms with Crippen molar-refractivity contribution >= 4 is 26.0 Å². The third-order valence-electron chi connectivity index (χ3n) is 5.60. The normalized spacial score (nSPS) is 24.5. The molecule has 3 unspecified atom stereocenters. The van der Waals surface area contributed by atoms with Gasteiger partial charge in [-0.15, -0.1) is 0 Å². The topological polar surface area (TPSA) is 57.6 Å². The molecule has 1 heterocycles. The Labute approximate surface area is 170 Å². The van der Waals surface area contributed by atoms with Crippen molar-refractivity contribution in [2.24, 2.45) is 5.92 Å². The number of likely N-dealkylation sites (N-methyl/N-ethyl adjacent to an activating group) is 1. The first-order chi connectivity index (χ1) is 12.7. The summed E-state index contributed by atoms with van der Waals surface area (Å²) < 4.78 is 27.1. The van der Waals surface area contributed by atoms with Crippen LogP contribution in [-0.2, 0) is 23.0 Å². The van der Waals surface area contributed by atoms with Crippen molar-refractivity contribution in [1.82, 2.24) is 4.90 Å². The fraction of sp³-hybridized carbons (Fsp3) is 0.429. The summed E-state index contributed by atoms with van der Waals surface area (Å²) in [5, 5.41) is 0. The van der Waals surface area contributed by atoms with Crippen molar-refractivity contribution in [2.45, 2.75) is 31.2 Å². The van der Waals surface area contributed by atoms with E-state index >= 15 is 0 Å². The van der Waals surface area contributed by atoms with Crippen LogP contribution in [0.5, 0.6) is 0 Å². The van der Waals surface area contributed by atoms with E-state index in [4.69, 9.17) is 4.55 Å². The first-order valence-corrected chi connectivity index (χ1v) is 11.8. The van der Waals surface area contributed by atoms with Crippen molar-refractivity contribution in [3.8, 4) is 0 Å². The van der Waals surface area contributed by atoms with Gasteiger partial charge < -0.3 is 4.90 Å². The number of halogens is 1. The second kappa shape index (κ2) is 8.43. The van der Waals surface area contributed by atoms with E-state index < -0.39 is 10.1 Å². The predicted molar refractivity (Wildman–Crippen MR) is 113 cm³/mol. The number of benzene rings is 2. The van der Waals surface area contributed by atoms with Crippen molar-refractivity contribution in [3.63, 3.8) is 0 Å². The van der Waals surface area contributed by atoms with Crippen molar-refractivity contribution in [1.29, 1.82) is 0 Å².